The number of piperidine rings is 1. The number of hydrogen-bond donors (Lipinski definition) is 0. The van der Waals surface area contributed by atoms with E-state index in [0.717, 1.165) is 58.8 Å². The number of amides is 1. The number of likely N-dealkylation sites (tertiary alicyclic amines) is 1. The van der Waals surface area contributed by atoms with E-state index in [1.165, 1.54) is 0 Å². The molecule has 1 amide bonds. The van der Waals surface area contributed by atoms with Crippen molar-refractivity contribution in [3.8, 4) is 0 Å². The van der Waals surface area contributed by atoms with Crippen molar-refractivity contribution in [1.29, 1.82) is 0 Å². The Kier molecular flexibility index (Phi) is 6.45. The van der Waals surface area contributed by atoms with Crippen LogP contribution in [0.15, 0.2) is 0 Å². The summed E-state index contributed by atoms with van der Waals surface area (Å²) in [4.78, 5) is 14.0. The molecule has 2 saturated heterocycles. The molecule has 0 aromatic heterocycles. The summed E-state index contributed by atoms with van der Waals surface area (Å²) in [5.74, 6) is 0.593. The average molecular weight is 299 g/mol. The lowest BCUT2D eigenvalue weighted by molar-refractivity contribution is -0.143. The molecule has 1 spiro atoms. The molecule has 0 saturated carbocycles. The van der Waals surface area contributed by atoms with Crippen LogP contribution in [0.1, 0.15) is 33.1 Å². The smallest absolute Gasteiger partial charge is 0.248 e. The fraction of sp³-hybridized carbons (Fsp3) is 0.938. The summed E-state index contributed by atoms with van der Waals surface area (Å²) < 4.78 is 16.5. The molecule has 122 valence electrons. The van der Waals surface area contributed by atoms with Gasteiger partial charge in [0.25, 0.3) is 0 Å². The molecular formula is C16H29NO4. The van der Waals surface area contributed by atoms with E-state index >= 15 is 0 Å². The first-order chi connectivity index (χ1) is 10.2. The lowest BCUT2D eigenvalue weighted by Gasteiger charge is -2.49. The van der Waals surface area contributed by atoms with Gasteiger partial charge >= 0.3 is 0 Å². The summed E-state index contributed by atoms with van der Waals surface area (Å²) in [5, 5.41) is 0. The number of carbonyl (C=O) groups is 1. The van der Waals surface area contributed by atoms with Gasteiger partial charge in [0.2, 0.25) is 5.91 Å². The van der Waals surface area contributed by atoms with Crippen LogP contribution in [0, 0.1) is 11.3 Å². The van der Waals surface area contributed by atoms with E-state index in [0.29, 0.717) is 17.9 Å². The van der Waals surface area contributed by atoms with Crippen molar-refractivity contribution in [1.82, 2.24) is 4.90 Å². The maximum Gasteiger partial charge on any atom is 0.248 e. The zero-order chi connectivity index (χ0) is 15.1. The highest BCUT2D eigenvalue weighted by molar-refractivity contribution is 5.77. The molecule has 5 nitrogen and oxygen atoms in total. The van der Waals surface area contributed by atoms with Gasteiger partial charge in [0.05, 0.1) is 13.2 Å². The van der Waals surface area contributed by atoms with Crippen molar-refractivity contribution in [2.75, 3.05) is 52.7 Å². The maximum absolute atomic E-state index is 12.0. The Morgan fingerprint density at radius 3 is 2.57 bits per heavy atom. The number of carbonyl (C=O) groups excluding carboxylic acids is 1. The standard InChI is InChI=1S/C16H29NO4/c1-3-19-11-14-12-21-10-7-16(14)5-8-17(9-6-16)15(18)13-20-4-2/h14H,3-13H2,1-2H3/t14-/m0/s1. The molecule has 0 radical (unpaired) electrons. The molecular weight excluding hydrogens is 270 g/mol. The average Bonchev–Trinajstić information content (AvgIpc) is 2.52. The van der Waals surface area contributed by atoms with Gasteiger partial charge < -0.3 is 19.1 Å². The van der Waals surface area contributed by atoms with Crippen molar-refractivity contribution in [3.63, 3.8) is 0 Å². The van der Waals surface area contributed by atoms with Gasteiger partial charge in [-0.25, -0.2) is 0 Å². The van der Waals surface area contributed by atoms with Crippen LogP contribution in [0.5, 0.6) is 0 Å². The highest BCUT2D eigenvalue weighted by Gasteiger charge is 2.44. The van der Waals surface area contributed by atoms with Crippen molar-refractivity contribution >= 4 is 5.91 Å². The van der Waals surface area contributed by atoms with E-state index in [1.807, 2.05) is 18.7 Å². The molecule has 21 heavy (non-hydrogen) atoms. The summed E-state index contributed by atoms with van der Waals surface area (Å²) in [6.07, 6.45) is 3.22. The lowest BCUT2D eigenvalue weighted by Crippen LogP contribution is -2.51. The normalized spacial score (nSPS) is 25.2. The Labute approximate surface area is 127 Å². The number of nitrogens with zero attached hydrogens (tertiary/aromatic N) is 1. The molecule has 2 fully saturated rings. The number of hydrogen-bond acceptors (Lipinski definition) is 4. The predicted octanol–water partition coefficient (Wildman–Crippen LogP) is 1.70. The SMILES string of the molecule is CCOCC(=O)N1CCC2(CCOC[C@@H]2COCC)CC1. The predicted molar refractivity (Wildman–Crippen MR) is 80.2 cm³/mol. The first-order valence-corrected chi connectivity index (χ1v) is 8.23. The van der Waals surface area contributed by atoms with Gasteiger partial charge in [-0.2, -0.15) is 0 Å². The summed E-state index contributed by atoms with van der Waals surface area (Å²) >= 11 is 0. The molecule has 2 aliphatic heterocycles. The Bertz CT molecular complexity index is 326. The molecule has 0 unspecified atom stereocenters. The second kappa shape index (κ2) is 8.11. The van der Waals surface area contributed by atoms with E-state index in [1.54, 1.807) is 0 Å². The highest BCUT2D eigenvalue weighted by Crippen LogP contribution is 2.44. The number of ether oxygens (including phenoxy) is 3. The Balaban J connectivity index is 1.88. The third-order valence-electron chi connectivity index (χ3n) is 4.99. The third-order valence-corrected chi connectivity index (χ3v) is 4.99. The Morgan fingerprint density at radius 2 is 1.90 bits per heavy atom. The molecule has 2 rings (SSSR count). The zero-order valence-electron chi connectivity index (χ0n) is 13.4. The van der Waals surface area contributed by atoms with E-state index in [2.05, 4.69) is 0 Å². The van der Waals surface area contributed by atoms with Gasteiger partial charge in [-0.15, -0.1) is 0 Å². The zero-order valence-corrected chi connectivity index (χ0v) is 13.4. The van der Waals surface area contributed by atoms with Crippen LogP contribution < -0.4 is 0 Å². The van der Waals surface area contributed by atoms with Crippen LogP contribution in [0.25, 0.3) is 0 Å². The van der Waals surface area contributed by atoms with Crippen molar-refractivity contribution in [2.24, 2.45) is 11.3 Å². The van der Waals surface area contributed by atoms with Gasteiger partial charge in [0, 0.05) is 38.8 Å². The second-order valence-electron chi connectivity index (χ2n) is 6.06. The van der Waals surface area contributed by atoms with Gasteiger partial charge in [-0.3, -0.25) is 4.79 Å². The fourth-order valence-electron chi connectivity index (χ4n) is 3.51. The lowest BCUT2D eigenvalue weighted by atomic mass is 9.66. The highest BCUT2D eigenvalue weighted by atomic mass is 16.5. The molecule has 0 aromatic rings. The monoisotopic (exact) mass is 299 g/mol. The quantitative estimate of drug-likeness (QED) is 0.749. The Hall–Kier alpha value is -0.650. The minimum absolute atomic E-state index is 0.125. The number of rotatable bonds is 6. The fourth-order valence-corrected chi connectivity index (χ4v) is 3.51. The summed E-state index contributed by atoms with van der Waals surface area (Å²) in [6, 6.07) is 0. The van der Waals surface area contributed by atoms with E-state index in [4.69, 9.17) is 14.2 Å². The molecule has 2 heterocycles. The Morgan fingerprint density at radius 1 is 1.19 bits per heavy atom. The van der Waals surface area contributed by atoms with Crippen molar-refractivity contribution in [3.05, 3.63) is 0 Å². The molecule has 0 aromatic carbocycles. The van der Waals surface area contributed by atoms with E-state index in [-0.39, 0.29) is 12.5 Å². The largest absolute Gasteiger partial charge is 0.381 e. The van der Waals surface area contributed by atoms with Crippen LogP contribution in [0.4, 0.5) is 0 Å². The summed E-state index contributed by atoms with van der Waals surface area (Å²) in [7, 11) is 0. The first kappa shape index (κ1) is 16.7. The minimum atomic E-state index is 0.125. The van der Waals surface area contributed by atoms with E-state index < -0.39 is 0 Å². The molecule has 0 N–H and O–H groups in total. The van der Waals surface area contributed by atoms with Crippen LogP contribution in [-0.2, 0) is 19.0 Å². The van der Waals surface area contributed by atoms with Gasteiger partial charge in [0.15, 0.2) is 0 Å². The van der Waals surface area contributed by atoms with Crippen molar-refractivity contribution < 1.29 is 19.0 Å². The van der Waals surface area contributed by atoms with Crippen LogP contribution in [-0.4, -0.2) is 63.5 Å². The molecule has 0 bridgehead atoms. The molecule has 1 atom stereocenters. The molecule has 2 aliphatic rings. The summed E-state index contributed by atoms with van der Waals surface area (Å²) in [5.41, 5.74) is 0.301. The first-order valence-electron chi connectivity index (χ1n) is 8.23. The van der Waals surface area contributed by atoms with E-state index in [9.17, 15) is 4.79 Å². The van der Waals surface area contributed by atoms with Gasteiger partial charge in [-0.05, 0) is 38.5 Å². The van der Waals surface area contributed by atoms with Crippen LogP contribution in [0.2, 0.25) is 0 Å². The second-order valence-corrected chi connectivity index (χ2v) is 6.06. The maximum atomic E-state index is 12.0. The van der Waals surface area contributed by atoms with Crippen LogP contribution >= 0.6 is 0 Å². The topological polar surface area (TPSA) is 48.0 Å². The van der Waals surface area contributed by atoms with Gasteiger partial charge in [0.1, 0.15) is 6.61 Å². The van der Waals surface area contributed by atoms with Crippen molar-refractivity contribution in [2.45, 2.75) is 33.1 Å². The van der Waals surface area contributed by atoms with Gasteiger partial charge in [-0.1, -0.05) is 0 Å². The minimum Gasteiger partial charge on any atom is -0.381 e. The molecule has 5 heteroatoms. The molecule has 0 aliphatic carbocycles. The van der Waals surface area contributed by atoms with Crippen LogP contribution in [0.3, 0.4) is 0 Å². The third kappa shape index (κ3) is 4.18. The summed E-state index contributed by atoms with van der Waals surface area (Å²) in [6.45, 7) is 9.62.